The van der Waals surface area contributed by atoms with Gasteiger partial charge >= 0.3 is 0 Å². The van der Waals surface area contributed by atoms with Crippen LogP contribution in [0.4, 0.5) is 0 Å². The molecule has 0 spiro atoms. The average Bonchev–Trinajstić information content (AvgIpc) is 2.34. The zero-order chi connectivity index (χ0) is 6.69. The molecule has 0 aromatic heterocycles. The third kappa shape index (κ3) is 1.45. The molecule has 1 nitrogen and oxygen atoms in total. The van der Waals surface area contributed by atoms with Gasteiger partial charge in [0.05, 0.1) is 6.07 Å². The second kappa shape index (κ2) is 2.87. The number of hydrogen-bond acceptors (Lipinski definition) is 1. The minimum atomic E-state index is 0.384. The first-order valence-electron chi connectivity index (χ1n) is 3.76. The fourth-order valence-corrected chi connectivity index (χ4v) is 1.56. The molecule has 1 fully saturated rings. The SMILES string of the molecule is CC[C@H]1CC[C@H](C#N)C1. The van der Waals surface area contributed by atoms with Crippen molar-refractivity contribution in [3.63, 3.8) is 0 Å². The second-order valence-corrected chi connectivity index (χ2v) is 2.91. The van der Waals surface area contributed by atoms with Gasteiger partial charge in [-0.25, -0.2) is 0 Å². The zero-order valence-electron chi connectivity index (χ0n) is 5.93. The van der Waals surface area contributed by atoms with Crippen molar-refractivity contribution in [1.82, 2.24) is 0 Å². The number of nitrogens with zero attached hydrogens (tertiary/aromatic N) is 1. The Morgan fingerprint density at radius 1 is 1.56 bits per heavy atom. The molecule has 50 valence electrons. The summed E-state index contributed by atoms with van der Waals surface area (Å²) in [6.07, 6.45) is 4.86. The largest absolute Gasteiger partial charge is 0.198 e. The van der Waals surface area contributed by atoms with Crippen molar-refractivity contribution >= 4 is 0 Å². The summed E-state index contributed by atoms with van der Waals surface area (Å²) in [4.78, 5) is 0. The van der Waals surface area contributed by atoms with Crippen LogP contribution in [0.25, 0.3) is 0 Å². The first kappa shape index (κ1) is 6.61. The summed E-state index contributed by atoms with van der Waals surface area (Å²) in [5, 5.41) is 8.53. The second-order valence-electron chi connectivity index (χ2n) is 2.91. The van der Waals surface area contributed by atoms with Gasteiger partial charge in [-0.1, -0.05) is 13.3 Å². The smallest absolute Gasteiger partial charge is 0.0655 e. The normalized spacial score (nSPS) is 34.2. The lowest BCUT2D eigenvalue weighted by molar-refractivity contribution is 0.517. The summed E-state index contributed by atoms with van der Waals surface area (Å²) >= 11 is 0. The molecule has 1 aliphatic rings. The summed E-state index contributed by atoms with van der Waals surface area (Å²) in [5.41, 5.74) is 0. The Hall–Kier alpha value is -0.510. The van der Waals surface area contributed by atoms with Crippen LogP contribution >= 0.6 is 0 Å². The van der Waals surface area contributed by atoms with Crippen molar-refractivity contribution in [2.45, 2.75) is 32.6 Å². The predicted molar refractivity (Wildman–Crippen MR) is 36.7 cm³/mol. The van der Waals surface area contributed by atoms with Crippen LogP contribution in [-0.4, -0.2) is 0 Å². The van der Waals surface area contributed by atoms with E-state index in [1.54, 1.807) is 0 Å². The van der Waals surface area contributed by atoms with E-state index >= 15 is 0 Å². The van der Waals surface area contributed by atoms with E-state index in [0.29, 0.717) is 5.92 Å². The molecule has 1 rings (SSSR count). The van der Waals surface area contributed by atoms with Crippen molar-refractivity contribution in [3.8, 4) is 6.07 Å². The molecule has 2 atom stereocenters. The highest BCUT2D eigenvalue weighted by Gasteiger charge is 2.22. The minimum absolute atomic E-state index is 0.384. The van der Waals surface area contributed by atoms with Crippen LogP contribution in [0.2, 0.25) is 0 Å². The Morgan fingerprint density at radius 3 is 2.67 bits per heavy atom. The molecule has 0 aromatic carbocycles. The molecule has 1 aliphatic carbocycles. The summed E-state index contributed by atoms with van der Waals surface area (Å²) in [6, 6.07) is 2.33. The fourth-order valence-electron chi connectivity index (χ4n) is 1.56. The standard InChI is InChI=1S/C8H13N/c1-2-7-3-4-8(5-7)6-9/h7-8H,2-5H2,1H3/t7-,8-/m0/s1. The zero-order valence-corrected chi connectivity index (χ0v) is 5.93. The molecule has 1 saturated carbocycles. The number of hydrogen-bond donors (Lipinski definition) is 0. The predicted octanol–water partition coefficient (Wildman–Crippen LogP) is 2.34. The monoisotopic (exact) mass is 123 g/mol. The fraction of sp³-hybridized carbons (Fsp3) is 0.875. The van der Waals surface area contributed by atoms with Crippen molar-refractivity contribution < 1.29 is 0 Å². The van der Waals surface area contributed by atoms with Crippen molar-refractivity contribution in [1.29, 1.82) is 5.26 Å². The first-order valence-corrected chi connectivity index (χ1v) is 3.76. The molecule has 0 radical (unpaired) electrons. The van der Waals surface area contributed by atoms with E-state index in [9.17, 15) is 0 Å². The number of rotatable bonds is 1. The van der Waals surface area contributed by atoms with E-state index in [-0.39, 0.29) is 0 Å². The Bertz CT molecular complexity index is 123. The lowest BCUT2D eigenvalue weighted by Gasteiger charge is -2.01. The Labute approximate surface area is 56.7 Å². The summed E-state index contributed by atoms with van der Waals surface area (Å²) in [5.74, 6) is 1.24. The van der Waals surface area contributed by atoms with Crippen molar-refractivity contribution in [2.24, 2.45) is 11.8 Å². The molecule has 0 bridgehead atoms. The van der Waals surface area contributed by atoms with Crippen molar-refractivity contribution in [3.05, 3.63) is 0 Å². The van der Waals surface area contributed by atoms with Gasteiger partial charge in [0, 0.05) is 5.92 Å². The third-order valence-electron chi connectivity index (χ3n) is 2.30. The molecule has 1 heteroatoms. The summed E-state index contributed by atoms with van der Waals surface area (Å²) in [7, 11) is 0. The molecular weight excluding hydrogens is 110 g/mol. The molecule has 0 amide bonds. The Kier molecular flexibility index (Phi) is 2.10. The first-order chi connectivity index (χ1) is 4.36. The van der Waals surface area contributed by atoms with E-state index in [2.05, 4.69) is 13.0 Å². The van der Waals surface area contributed by atoms with Gasteiger partial charge in [-0.3, -0.25) is 0 Å². The van der Waals surface area contributed by atoms with Crippen LogP contribution in [0.15, 0.2) is 0 Å². The van der Waals surface area contributed by atoms with Crippen LogP contribution in [0.5, 0.6) is 0 Å². The lowest BCUT2D eigenvalue weighted by Crippen LogP contribution is -1.91. The Balaban J connectivity index is 2.31. The Morgan fingerprint density at radius 2 is 2.33 bits per heavy atom. The quantitative estimate of drug-likeness (QED) is 0.525. The van der Waals surface area contributed by atoms with Gasteiger partial charge in [-0.05, 0) is 25.2 Å². The summed E-state index contributed by atoms with van der Waals surface area (Å²) < 4.78 is 0. The van der Waals surface area contributed by atoms with Gasteiger partial charge in [0.2, 0.25) is 0 Å². The highest BCUT2D eigenvalue weighted by atomic mass is 14.3. The van der Waals surface area contributed by atoms with E-state index in [0.717, 1.165) is 18.8 Å². The average molecular weight is 123 g/mol. The van der Waals surface area contributed by atoms with Gasteiger partial charge in [0.25, 0.3) is 0 Å². The highest BCUT2D eigenvalue weighted by molar-refractivity contribution is 4.89. The van der Waals surface area contributed by atoms with Gasteiger partial charge in [0.15, 0.2) is 0 Å². The van der Waals surface area contributed by atoms with Crippen LogP contribution < -0.4 is 0 Å². The van der Waals surface area contributed by atoms with E-state index in [1.165, 1.54) is 12.8 Å². The molecule has 0 N–H and O–H groups in total. The van der Waals surface area contributed by atoms with Crippen LogP contribution in [0.1, 0.15) is 32.6 Å². The molecule has 0 aromatic rings. The highest BCUT2D eigenvalue weighted by Crippen LogP contribution is 2.31. The number of nitriles is 1. The van der Waals surface area contributed by atoms with Crippen LogP contribution in [0, 0.1) is 23.2 Å². The topological polar surface area (TPSA) is 23.8 Å². The maximum absolute atomic E-state index is 8.53. The molecule has 0 aliphatic heterocycles. The van der Waals surface area contributed by atoms with Gasteiger partial charge in [0.1, 0.15) is 0 Å². The van der Waals surface area contributed by atoms with Crippen molar-refractivity contribution in [2.75, 3.05) is 0 Å². The van der Waals surface area contributed by atoms with Crippen LogP contribution in [-0.2, 0) is 0 Å². The van der Waals surface area contributed by atoms with E-state index in [1.807, 2.05) is 0 Å². The minimum Gasteiger partial charge on any atom is -0.198 e. The molecule has 9 heavy (non-hydrogen) atoms. The van der Waals surface area contributed by atoms with E-state index < -0.39 is 0 Å². The third-order valence-corrected chi connectivity index (χ3v) is 2.30. The van der Waals surface area contributed by atoms with Gasteiger partial charge in [-0.15, -0.1) is 0 Å². The molecule has 0 heterocycles. The summed E-state index contributed by atoms with van der Waals surface area (Å²) in [6.45, 7) is 2.21. The van der Waals surface area contributed by atoms with Gasteiger partial charge in [-0.2, -0.15) is 5.26 Å². The maximum atomic E-state index is 8.53. The maximum Gasteiger partial charge on any atom is 0.0655 e. The van der Waals surface area contributed by atoms with E-state index in [4.69, 9.17) is 5.26 Å². The molecule has 0 saturated heterocycles. The van der Waals surface area contributed by atoms with Gasteiger partial charge < -0.3 is 0 Å². The molecule has 0 unspecified atom stereocenters. The molecular formula is C8H13N. The lowest BCUT2D eigenvalue weighted by atomic mass is 10.0. The van der Waals surface area contributed by atoms with Crippen LogP contribution in [0.3, 0.4) is 0 Å².